The number of carbonyl (C=O) groups excluding carboxylic acids is 1. The molecule has 1 fully saturated rings. The lowest BCUT2D eigenvalue weighted by Crippen LogP contribution is -2.27. The fourth-order valence-corrected chi connectivity index (χ4v) is 3.75. The van der Waals surface area contributed by atoms with Crippen LogP contribution in [0.15, 0.2) is 22.7 Å². The van der Waals surface area contributed by atoms with Crippen LogP contribution in [-0.2, 0) is 13.8 Å². The first-order valence-electron chi connectivity index (χ1n) is 5.29. The van der Waals surface area contributed by atoms with E-state index in [1.165, 1.54) is 4.90 Å². The third kappa shape index (κ3) is 2.55. The van der Waals surface area contributed by atoms with Crippen LogP contribution >= 0.6 is 26.6 Å². The van der Waals surface area contributed by atoms with Crippen molar-refractivity contribution in [3.8, 4) is 0 Å². The number of nitrogens with zero attached hydrogens (tertiary/aromatic N) is 1. The lowest BCUT2D eigenvalue weighted by Gasteiger charge is -2.20. The molecule has 0 bridgehead atoms. The fraction of sp³-hybridized carbons (Fsp3) is 0.364. The maximum atomic E-state index is 11.9. The molecule has 0 saturated carbocycles. The molecule has 7 heteroatoms. The Bertz CT molecular complexity index is 582. The summed E-state index contributed by atoms with van der Waals surface area (Å²) >= 11 is 3.38. The third-order valence-electron chi connectivity index (χ3n) is 2.95. The lowest BCUT2D eigenvalue weighted by molar-refractivity contribution is -0.117. The van der Waals surface area contributed by atoms with Crippen molar-refractivity contribution in [3.63, 3.8) is 0 Å². The smallest absolute Gasteiger partial charge is 0.237 e. The van der Waals surface area contributed by atoms with Crippen LogP contribution in [0.3, 0.4) is 0 Å². The molecular formula is C11H11BrClNO3S. The summed E-state index contributed by atoms with van der Waals surface area (Å²) in [5.74, 6) is -0.223. The maximum absolute atomic E-state index is 11.9. The van der Waals surface area contributed by atoms with Gasteiger partial charge in [-0.1, -0.05) is 12.1 Å². The molecule has 0 aliphatic carbocycles. The Hall–Kier alpha value is -0.590. The van der Waals surface area contributed by atoms with Crippen molar-refractivity contribution in [3.05, 3.63) is 28.2 Å². The third-order valence-corrected chi connectivity index (χ3v) is 5.45. The van der Waals surface area contributed by atoms with E-state index >= 15 is 0 Å². The van der Waals surface area contributed by atoms with Gasteiger partial charge >= 0.3 is 0 Å². The van der Waals surface area contributed by atoms with E-state index < -0.39 is 14.3 Å². The Labute approximate surface area is 118 Å². The first kappa shape index (κ1) is 13.8. The summed E-state index contributed by atoms with van der Waals surface area (Å²) in [6.45, 7) is 1.98. The predicted molar refractivity (Wildman–Crippen MR) is 74.4 cm³/mol. The van der Waals surface area contributed by atoms with E-state index in [-0.39, 0.29) is 18.9 Å². The molecule has 1 unspecified atom stereocenters. The highest BCUT2D eigenvalue weighted by Gasteiger charge is 2.38. The highest BCUT2D eigenvalue weighted by atomic mass is 79.9. The van der Waals surface area contributed by atoms with E-state index in [1.807, 2.05) is 25.1 Å². The summed E-state index contributed by atoms with van der Waals surface area (Å²) in [5.41, 5.74) is 1.62. The second-order valence-corrected chi connectivity index (χ2v) is 7.97. The van der Waals surface area contributed by atoms with Crippen LogP contribution in [-0.4, -0.2) is 26.1 Å². The zero-order valence-corrected chi connectivity index (χ0v) is 12.7. The minimum atomic E-state index is -3.71. The monoisotopic (exact) mass is 351 g/mol. The molecule has 1 heterocycles. The first-order valence-corrected chi connectivity index (χ1v) is 8.46. The predicted octanol–water partition coefficient (Wildman–Crippen LogP) is 2.43. The highest BCUT2D eigenvalue weighted by Crippen LogP contribution is 2.34. The molecule has 0 radical (unpaired) electrons. The topological polar surface area (TPSA) is 54.5 Å². The minimum Gasteiger partial charge on any atom is -0.310 e. The molecule has 1 atom stereocenters. The van der Waals surface area contributed by atoms with Gasteiger partial charge in [0.1, 0.15) is 5.25 Å². The average Bonchev–Trinajstić information content (AvgIpc) is 2.60. The van der Waals surface area contributed by atoms with Gasteiger partial charge in [-0.25, -0.2) is 8.42 Å². The van der Waals surface area contributed by atoms with E-state index in [4.69, 9.17) is 10.7 Å². The molecule has 1 saturated heterocycles. The number of hydrogen-bond acceptors (Lipinski definition) is 3. The molecule has 4 nitrogen and oxygen atoms in total. The van der Waals surface area contributed by atoms with Crippen molar-refractivity contribution in [2.75, 3.05) is 11.4 Å². The molecule has 98 valence electrons. The largest absolute Gasteiger partial charge is 0.310 e. The SMILES string of the molecule is Cc1cccc(Br)c1N1CC(S(=O)(=O)Cl)CC1=O. The van der Waals surface area contributed by atoms with Crippen LogP contribution < -0.4 is 4.90 Å². The van der Waals surface area contributed by atoms with Gasteiger partial charge in [0.25, 0.3) is 0 Å². The Morgan fingerprint density at radius 1 is 1.44 bits per heavy atom. The summed E-state index contributed by atoms with van der Waals surface area (Å²) in [5, 5.41) is -0.835. The second kappa shape index (κ2) is 4.83. The van der Waals surface area contributed by atoms with Gasteiger partial charge in [-0.3, -0.25) is 4.79 Å². The Balaban J connectivity index is 2.39. The van der Waals surface area contributed by atoms with E-state index in [0.29, 0.717) is 5.69 Å². The van der Waals surface area contributed by atoms with E-state index in [2.05, 4.69) is 15.9 Å². The van der Waals surface area contributed by atoms with Gasteiger partial charge in [0.15, 0.2) is 0 Å². The molecule has 18 heavy (non-hydrogen) atoms. The van der Waals surface area contributed by atoms with Crippen LogP contribution in [0, 0.1) is 6.92 Å². The van der Waals surface area contributed by atoms with E-state index in [9.17, 15) is 13.2 Å². The van der Waals surface area contributed by atoms with Crippen LogP contribution in [0.25, 0.3) is 0 Å². The summed E-state index contributed by atoms with van der Waals surface area (Å²) in [6, 6.07) is 5.55. The van der Waals surface area contributed by atoms with Crippen molar-refractivity contribution in [1.82, 2.24) is 0 Å². The van der Waals surface area contributed by atoms with Crippen LogP contribution in [0.2, 0.25) is 0 Å². The average molecular weight is 353 g/mol. The summed E-state index contributed by atoms with van der Waals surface area (Å²) < 4.78 is 23.4. The molecule has 1 aliphatic heterocycles. The molecule has 0 N–H and O–H groups in total. The Morgan fingerprint density at radius 2 is 2.11 bits per heavy atom. The molecule has 1 amide bonds. The van der Waals surface area contributed by atoms with Gasteiger partial charge in [-0.15, -0.1) is 0 Å². The Kier molecular flexibility index (Phi) is 3.71. The van der Waals surface area contributed by atoms with Gasteiger partial charge < -0.3 is 4.90 Å². The lowest BCUT2D eigenvalue weighted by atomic mass is 10.2. The van der Waals surface area contributed by atoms with E-state index in [1.54, 1.807) is 0 Å². The quantitative estimate of drug-likeness (QED) is 0.768. The van der Waals surface area contributed by atoms with Gasteiger partial charge in [0.05, 0.1) is 5.69 Å². The molecule has 0 aromatic heterocycles. The second-order valence-electron chi connectivity index (χ2n) is 4.21. The van der Waals surface area contributed by atoms with E-state index in [0.717, 1.165) is 10.0 Å². The molecule has 1 aromatic rings. The standard InChI is InChI=1S/C11H11BrClNO3S/c1-7-3-2-4-9(12)11(7)14-6-8(5-10(14)15)18(13,16)17/h2-4,8H,5-6H2,1H3. The van der Waals surface area contributed by atoms with Crippen molar-refractivity contribution in [1.29, 1.82) is 0 Å². The number of anilines is 1. The van der Waals surface area contributed by atoms with Crippen molar-refractivity contribution in [2.45, 2.75) is 18.6 Å². The number of carbonyl (C=O) groups is 1. The molecule has 1 aliphatic rings. The molecule has 2 rings (SSSR count). The number of halogens is 2. The number of hydrogen-bond donors (Lipinski definition) is 0. The highest BCUT2D eigenvalue weighted by molar-refractivity contribution is 9.10. The maximum Gasteiger partial charge on any atom is 0.237 e. The molecule has 1 aromatic carbocycles. The van der Waals surface area contributed by atoms with Gasteiger partial charge in [-0.2, -0.15) is 0 Å². The van der Waals surface area contributed by atoms with Crippen LogP contribution in [0.1, 0.15) is 12.0 Å². The molecular weight excluding hydrogens is 342 g/mol. The van der Waals surface area contributed by atoms with Gasteiger partial charge in [0, 0.05) is 28.1 Å². The summed E-state index contributed by atoms with van der Waals surface area (Å²) in [4.78, 5) is 13.4. The van der Waals surface area contributed by atoms with Gasteiger partial charge in [0.2, 0.25) is 15.0 Å². The number of amides is 1. The number of rotatable bonds is 2. The minimum absolute atomic E-state index is 0.0629. The molecule has 0 spiro atoms. The van der Waals surface area contributed by atoms with Crippen LogP contribution in [0.4, 0.5) is 5.69 Å². The van der Waals surface area contributed by atoms with Crippen LogP contribution in [0.5, 0.6) is 0 Å². The van der Waals surface area contributed by atoms with Crippen molar-refractivity contribution in [2.24, 2.45) is 0 Å². The zero-order valence-electron chi connectivity index (χ0n) is 9.56. The number of benzene rings is 1. The number of aryl methyl sites for hydroxylation is 1. The fourth-order valence-electron chi connectivity index (χ4n) is 2.04. The summed E-state index contributed by atoms with van der Waals surface area (Å²) in [7, 11) is 1.61. The van der Waals surface area contributed by atoms with Gasteiger partial charge in [-0.05, 0) is 34.5 Å². The van der Waals surface area contributed by atoms with Crippen molar-refractivity contribution >= 4 is 47.3 Å². The summed E-state index contributed by atoms with van der Waals surface area (Å²) in [6.07, 6.45) is -0.0629. The number of para-hydroxylation sites is 1. The Morgan fingerprint density at radius 3 is 2.61 bits per heavy atom. The first-order chi connectivity index (χ1) is 8.30. The normalized spacial score (nSPS) is 20.5. The van der Waals surface area contributed by atoms with Crippen molar-refractivity contribution < 1.29 is 13.2 Å². The zero-order chi connectivity index (χ0) is 13.5.